The van der Waals surface area contributed by atoms with Crippen molar-refractivity contribution in [3.63, 3.8) is 0 Å². The lowest BCUT2D eigenvalue weighted by Crippen LogP contribution is -2.11. The first-order valence-corrected chi connectivity index (χ1v) is 6.29. The van der Waals surface area contributed by atoms with Crippen LogP contribution in [-0.4, -0.2) is 35.4 Å². The molecule has 0 N–H and O–H groups in total. The molecule has 0 amide bonds. The lowest BCUT2D eigenvalue weighted by molar-refractivity contribution is 0.246. The highest BCUT2D eigenvalue weighted by Gasteiger charge is 1.96. The Morgan fingerprint density at radius 2 is 1.93 bits per heavy atom. The molecule has 0 bridgehead atoms. The predicted molar refractivity (Wildman–Crippen MR) is 60.5 cm³/mol. The largest absolute Gasteiger partial charge is 0.526 e. The fourth-order valence-corrected chi connectivity index (χ4v) is 1.81. The van der Waals surface area contributed by atoms with Gasteiger partial charge in [-0.1, -0.05) is 13.0 Å². The summed E-state index contributed by atoms with van der Waals surface area (Å²) in [6.07, 6.45) is 6.78. The fourth-order valence-electron chi connectivity index (χ4n) is 0.869. The molecule has 0 rings (SSSR count). The molecule has 0 heterocycles. The van der Waals surface area contributed by atoms with Crippen molar-refractivity contribution in [3.8, 4) is 0 Å². The zero-order valence-corrected chi connectivity index (χ0v) is 10.3. The second kappa shape index (κ2) is 10.3. The van der Waals surface area contributed by atoms with Gasteiger partial charge in [0.15, 0.2) is 0 Å². The minimum atomic E-state index is -1.12. The third-order valence-corrected chi connectivity index (χ3v) is 3.03. The summed E-state index contributed by atoms with van der Waals surface area (Å²) < 4.78 is 15.5. The normalized spacial score (nSPS) is 9.93. The van der Waals surface area contributed by atoms with E-state index in [-0.39, 0.29) is 0 Å². The van der Waals surface area contributed by atoms with E-state index in [0.717, 1.165) is 25.9 Å². The van der Waals surface area contributed by atoms with Gasteiger partial charge in [-0.05, 0) is 24.9 Å². The molecule has 0 aliphatic carbocycles. The molecule has 14 heavy (non-hydrogen) atoms. The van der Waals surface area contributed by atoms with Crippen molar-refractivity contribution in [3.05, 3.63) is 12.3 Å². The molecule has 0 aliphatic heterocycles. The van der Waals surface area contributed by atoms with Gasteiger partial charge in [0.05, 0.1) is 27.1 Å². The van der Waals surface area contributed by atoms with Gasteiger partial charge in [-0.15, -0.1) is 0 Å². The first-order valence-electron chi connectivity index (χ1n) is 4.89. The van der Waals surface area contributed by atoms with Crippen molar-refractivity contribution in [2.24, 2.45) is 0 Å². The number of rotatable bonds is 8. The minimum Gasteiger partial charge on any atom is -0.526 e. The molecular weight excluding hydrogens is 196 g/mol. The predicted octanol–water partition coefficient (Wildman–Crippen LogP) is 1.87. The summed E-state index contributed by atoms with van der Waals surface area (Å²) in [6, 6.07) is 0. The molecule has 0 radical (unpaired) electrons. The van der Waals surface area contributed by atoms with Gasteiger partial charge in [0.25, 0.3) is 0 Å². The summed E-state index contributed by atoms with van der Waals surface area (Å²) in [5, 5.41) is 0. The molecule has 0 aromatic heterocycles. The third-order valence-electron chi connectivity index (χ3n) is 1.61. The van der Waals surface area contributed by atoms with Gasteiger partial charge in [0, 0.05) is 0 Å². The van der Waals surface area contributed by atoms with E-state index < -0.39 is 8.90 Å². The Hall–Kier alpha value is -0.773. The average molecular weight is 216 g/mol. The number of unbranched alkanes of at least 4 members (excludes halogenated alkanes) is 1. The Kier molecular flexibility index (Phi) is 9.74. The molecule has 0 fully saturated rings. The molecule has 82 valence electrons. The van der Waals surface area contributed by atoms with Crippen LogP contribution in [0.3, 0.4) is 0 Å². The molecule has 0 spiro atoms. The quantitative estimate of drug-likeness (QED) is 0.352. The molecule has 0 unspecified atom stereocenters. The summed E-state index contributed by atoms with van der Waals surface area (Å²) in [5.74, 6) is 0. The monoisotopic (exact) mass is 216 g/mol. The van der Waals surface area contributed by atoms with Crippen molar-refractivity contribution in [1.82, 2.24) is 0 Å². The zero-order chi connectivity index (χ0) is 10.6. The Bertz CT molecular complexity index is 172. The molecule has 4 heteroatoms. The summed E-state index contributed by atoms with van der Waals surface area (Å²) in [6.45, 7) is 2.84. The molecule has 0 aromatic rings. The molecule has 0 saturated heterocycles. The fraction of sp³-hybridized carbons (Fsp3) is 0.700. The van der Waals surface area contributed by atoms with E-state index in [4.69, 9.17) is 13.6 Å². The van der Waals surface area contributed by atoms with Crippen LogP contribution in [0.5, 0.6) is 0 Å². The van der Waals surface area contributed by atoms with Crippen LogP contribution < -0.4 is 0 Å². The van der Waals surface area contributed by atoms with Gasteiger partial charge in [0.1, 0.15) is 0 Å². The van der Waals surface area contributed by atoms with Crippen LogP contribution in [0.4, 0.5) is 0 Å². The van der Waals surface area contributed by atoms with Crippen molar-refractivity contribution in [2.75, 3.05) is 20.8 Å². The molecule has 0 aliphatic rings. The van der Waals surface area contributed by atoms with Crippen molar-refractivity contribution in [1.29, 1.82) is 0 Å². The van der Waals surface area contributed by atoms with E-state index in [1.807, 2.05) is 6.08 Å². The van der Waals surface area contributed by atoms with Gasteiger partial charge in [-0.3, -0.25) is 0 Å². The number of hydrogen-bond acceptors (Lipinski definition) is 3. The van der Waals surface area contributed by atoms with Crippen LogP contribution in [0.2, 0.25) is 0 Å². The topological polar surface area (TPSA) is 27.7 Å². The zero-order valence-electron chi connectivity index (χ0n) is 9.29. The van der Waals surface area contributed by atoms with E-state index in [1.165, 1.54) is 0 Å². The van der Waals surface area contributed by atoms with E-state index in [1.54, 1.807) is 20.5 Å². The molecule has 0 aromatic carbocycles. The van der Waals surface area contributed by atoms with E-state index in [2.05, 4.69) is 12.6 Å². The second-order valence-electron chi connectivity index (χ2n) is 2.72. The van der Waals surface area contributed by atoms with Crippen molar-refractivity contribution < 1.29 is 13.6 Å². The summed E-state index contributed by atoms with van der Waals surface area (Å²) >= 11 is 0. The molecular formula is C10H20O3Si. The van der Waals surface area contributed by atoms with Crippen LogP contribution in [0.1, 0.15) is 26.2 Å². The van der Waals surface area contributed by atoms with E-state index in [0.29, 0.717) is 0 Å². The first kappa shape index (κ1) is 13.2. The van der Waals surface area contributed by atoms with E-state index in [9.17, 15) is 0 Å². The number of allylic oxidation sites excluding steroid dienone is 1. The van der Waals surface area contributed by atoms with Gasteiger partial charge >= 0.3 is 8.90 Å². The lowest BCUT2D eigenvalue weighted by atomic mass is 10.4. The van der Waals surface area contributed by atoms with Crippen LogP contribution in [0, 0.1) is 0 Å². The molecule has 3 nitrogen and oxygen atoms in total. The molecule has 0 atom stereocenters. The number of ether oxygens (including phenoxy) is 1. The Balaban J connectivity index is 3.36. The van der Waals surface area contributed by atoms with Crippen molar-refractivity contribution >= 4 is 14.6 Å². The maximum atomic E-state index is 5.25. The standard InChI is InChI=1S/C10H20O3Si/c1-4-5-8-13-9-6-7-10-14(11-2)12-3/h5,8,10H,4,6-7,9H2,1-3H3. The maximum Gasteiger partial charge on any atom is 0.475 e. The van der Waals surface area contributed by atoms with Gasteiger partial charge in [-0.2, -0.15) is 0 Å². The smallest absolute Gasteiger partial charge is 0.475 e. The Morgan fingerprint density at radius 1 is 1.21 bits per heavy atom. The second-order valence-corrected chi connectivity index (χ2v) is 4.59. The van der Waals surface area contributed by atoms with Gasteiger partial charge < -0.3 is 13.6 Å². The van der Waals surface area contributed by atoms with E-state index >= 15 is 0 Å². The third kappa shape index (κ3) is 7.85. The van der Waals surface area contributed by atoms with Gasteiger partial charge in [-0.25, -0.2) is 0 Å². The Morgan fingerprint density at radius 3 is 2.50 bits per heavy atom. The van der Waals surface area contributed by atoms with Crippen molar-refractivity contribution in [2.45, 2.75) is 26.2 Å². The van der Waals surface area contributed by atoms with Crippen LogP contribution in [0.15, 0.2) is 12.3 Å². The first-order chi connectivity index (χ1) is 6.85. The van der Waals surface area contributed by atoms with Crippen LogP contribution in [-0.2, 0) is 13.6 Å². The summed E-state index contributed by atoms with van der Waals surface area (Å²) in [7, 11) is 2.23. The van der Waals surface area contributed by atoms with Crippen LogP contribution >= 0.6 is 0 Å². The average Bonchev–Trinajstić information content (AvgIpc) is 2.22. The maximum absolute atomic E-state index is 5.25. The number of hydrogen-bond donors (Lipinski definition) is 0. The highest BCUT2D eigenvalue weighted by atomic mass is 28.3. The highest BCUT2D eigenvalue weighted by molar-refractivity contribution is 6.54. The Labute approximate surface area is 88.1 Å². The SMILES string of the molecule is CCC=COCCCC=[Si](OC)OC. The van der Waals surface area contributed by atoms with Crippen LogP contribution in [0.25, 0.3) is 0 Å². The summed E-state index contributed by atoms with van der Waals surface area (Å²) in [4.78, 5) is 0. The molecule has 0 saturated carbocycles. The lowest BCUT2D eigenvalue weighted by Gasteiger charge is -2.01. The van der Waals surface area contributed by atoms with Gasteiger partial charge in [0.2, 0.25) is 0 Å². The summed E-state index contributed by atoms with van der Waals surface area (Å²) in [5.41, 5.74) is 2.09. The highest BCUT2D eigenvalue weighted by Crippen LogP contribution is 1.89. The minimum absolute atomic E-state index is 0.759.